The summed E-state index contributed by atoms with van der Waals surface area (Å²) in [7, 11) is -3.83. The Morgan fingerprint density at radius 1 is 1.03 bits per heavy atom. The van der Waals surface area contributed by atoms with Crippen LogP contribution in [0.1, 0.15) is 47.9 Å². The molecule has 0 aliphatic heterocycles. The third-order valence-corrected chi connectivity index (χ3v) is 8.48. The molecule has 39 heavy (non-hydrogen) atoms. The van der Waals surface area contributed by atoms with Gasteiger partial charge in [-0.1, -0.05) is 67.9 Å². The molecule has 3 aromatic carbocycles. The average molecular weight is 591 g/mol. The molecule has 0 fully saturated rings. The zero-order valence-corrected chi connectivity index (χ0v) is 24.5. The van der Waals surface area contributed by atoms with Gasteiger partial charge in [0.05, 0.1) is 17.4 Å². The van der Waals surface area contributed by atoms with Gasteiger partial charge < -0.3 is 15.5 Å². The fourth-order valence-corrected chi connectivity index (χ4v) is 6.10. The Labute approximate surface area is 240 Å². The van der Waals surface area contributed by atoms with E-state index in [1.54, 1.807) is 18.2 Å². The minimum Gasteiger partial charge on any atom is -0.396 e. The maximum Gasteiger partial charge on any atom is 0.265 e. The number of aliphatic hydroxyl groups is 2. The van der Waals surface area contributed by atoms with Crippen LogP contribution in [0.3, 0.4) is 0 Å². The van der Waals surface area contributed by atoms with Crippen LogP contribution in [-0.4, -0.2) is 55.2 Å². The molecule has 0 aliphatic rings. The van der Waals surface area contributed by atoms with Crippen molar-refractivity contribution in [2.75, 3.05) is 25.4 Å². The molecule has 1 atom stereocenters. The SMILES string of the molecule is CC(C)Sc1cc(-c2ccc(CCNC[C@H](O)c3cccc(Cl)c3)cc2)ccc1C(=O)NS(=O)(=O)CCCO. The first-order valence-electron chi connectivity index (χ1n) is 12.8. The Bertz CT molecular complexity index is 1350. The Balaban J connectivity index is 1.63. The maximum absolute atomic E-state index is 12.8. The number of aliphatic hydroxyl groups excluding tert-OH is 2. The summed E-state index contributed by atoms with van der Waals surface area (Å²) in [5.74, 6) is -0.990. The van der Waals surface area contributed by atoms with Crippen molar-refractivity contribution in [3.63, 3.8) is 0 Å². The van der Waals surface area contributed by atoms with E-state index in [9.17, 15) is 18.3 Å². The van der Waals surface area contributed by atoms with E-state index in [0.717, 1.165) is 28.7 Å². The number of sulfonamides is 1. The molecule has 3 rings (SSSR count). The molecule has 0 spiro atoms. The molecule has 3 aromatic rings. The number of rotatable bonds is 14. The van der Waals surface area contributed by atoms with E-state index in [1.807, 2.05) is 62.4 Å². The Morgan fingerprint density at radius 2 is 1.74 bits per heavy atom. The lowest BCUT2D eigenvalue weighted by atomic mass is 10.0. The number of benzene rings is 3. The van der Waals surface area contributed by atoms with Crippen LogP contribution in [-0.2, 0) is 16.4 Å². The van der Waals surface area contributed by atoms with Crippen molar-refractivity contribution in [2.45, 2.75) is 42.9 Å². The third-order valence-electron chi connectivity index (χ3n) is 5.86. The van der Waals surface area contributed by atoms with Crippen molar-refractivity contribution in [3.05, 3.63) is 88.4 Å². The Morgan fingerprint density at radius 3 is 2.41 bits per heavy atom. The van der Waals surface area contributed by atoms with Gasteiger partial charge in [-0.15, -0.1) is 11.8 Å². The summed E-state index contributed by atoms with van der Waals surface area (Å²) in [5, 5.41) is 23.3. The van der Waals surface area contributed by atoms with Crippen LogP contribution in [0.5, 0.6) is 0 Å². The van der Waals surface area contributed by atoms with Crippen molar-refractivity contribution in [3.8, 4) is 11.1 Å². The summed E-state index contributed by atoms with van der Waals surface area (Å²) in [6.07, 6.45) is 0.224. The second-order valence-corrected chi connectivity index (χ2v) is 13.3. The van der Waals surface area contributed by atoms with Gasteiger partial charge in [0.2, 0.25) is 10.0 Å². The highest BCUT2D eigenvalue weighted by Crippen LogP contribution is 2.32. The molecule has 0 radical (unpaired) electrons. The van der Waals surface area contributed by atoms with Crippen molar-refractivity contribution in [2.24, 2.45) is 0 Å². The summed E-state index contributed by atoms with van der Waals surface area (Å²) < 4.78 is 26.4. The van der Waals surface area contributed by atoms with E-state index in [-0.39, 0.29) is 24.0 Å². The lowest BCUT2D eigenvalue weighted by molar-refractivity contribution is 0.0978. The molecule has 0 bridgehead atoms. The van der Waals surface area contributed by atoms with Crippen molar-refractivity contribution < 1.29 is 23.4 Å². The van der Waals surface area contributed by atoms with Crippen LogP contribution in [0.15, 0.2) is 71.6 Å². The quantitative estimate of drug-likeness (QED) is 0.157. The van der Waals surface area contributed by atoms with Gasteiger partial charge in [0.15, 0.2) is 0 Å². The second-order valence-electron chi connectivity index (χ2n) is 9.43. The van der Waals surface area contributed by atoms with Gasteiger partial charge in [-0.3, -0.25) is 4.79 Å². The Hall–Kier alpha value is -2.40. The van der Waals surface area contributed by atoms with Gasteiger partial charge in [0.25, 0.3) is 5.91 Å². The van der Waals surface area contributed by atoms with E-state index >= 15 is 0 Å². The topological polar surface area (TPSA) is 116 Å². The number of hydrogen-bond acceptors (Lipinski definition) is 7. The molecule has 0 aliphatic carbocycles. The largest absolute Gasteiger partial charge is 0.396 e. The molecular formula is C29H35ClN2O5S2. The van der Waals surface area contributed by atoms with Gasteiger partial charge in [-0.05, 0) is 65.9 Å². The maximum atomic E-state index is 12.8. The molecular weight excluding hydrogens is 556 g/mol. The van der Waals surface area contributed by atoms with E-state index in [2.05, 4.69) is 10.0 Å². The summed E-state index contributed by atoms with van der Waals surface area (Å²) >= 11 is 7.49. The molecule has 0 saturated heterocycles. The standard InChI is InChI=1S/C29H35ClN2O5S2/c1-20(2)38-28-18-23(11-12-26(28)29(35)32-39(36,37)16-4-15-33)22-9-7-21(8-10-22)13-14-31-19-27(34)24-5-3-6-25(30)17-24/h3,5-12,17-18,20,27,31,33-34H,4,13-16,19H2,1-2H3,(H,32,35)/t27-/m0/s1. The van der Waals surface area contributed by atoms with E-state index in [1.165, 1.54) is 11.8 Å². The lowest BCUT2D eigenvalue weighted by Gasteiger charge is -2.14. The normalized spacial score (nSPS) is 12.5. The second kappa shape index (κ2) is 14.8. The van der Waals surface area contributed by atoms with Gasteiger partial charge in [0.1, 0.15) is 0 Å². The monoisotopic (exact) mass is 590 g/mol. The number of amides is 1. The van der Waals surface area contributed by atoms with Crippen LogP contribution < -0.4 is 10.0 Å². The predicted molar refractivity (Wildman–Crippen MR) is 159 cm³/mol. The van der Waals surface area contributed by atoms with Crippen molar-refractivity contribution >= 4 is 39.3 Å². The van der Waals surface area contributed by atoms with E-state index in [4.69, 9.17) is 16.7 Å². The van der Waals surface area contributed by atoms with E-state index in [0.29, 0.717) is 28.6 Å². The third kappa shape index (κ3) is 9.94. The predicted octanol–water partition coefficient (Wildman–Crippen LogP) is 4.82. The fourth-order valence-electron chi connectivity index (χ4n) is 3.91. The number of thioether (sulfide) groups is 1. The first-order chi connectivity index (χ1) is 18.6. The summed E-state index contributed by atoms with van der Waals surface area (Å²) in [5.41, 5.74) is 4.13. The molecule has 210 valence electrons. The molecule has 4 N–H and O–H groups in total. The molecule has 1 amide bonds. The highest BCUT2D eigenvalue weighted by Gasteiger charge is 2.20. The van der Waals surface area contributed by atoms with Crippen LogP contribution in [0.25, 0.3) is 11.1 Å². The minimum atomic E-state index is -3.83. The lowest BCUT2D eigenvalue weighted by Crippen LogP contribution is -2.33. The Kier molecular flexibility index (Phi) is 11.8. The number of carbonyl (C=O) groups is 1. The molecule has 0 heterocycles. The van der Waals surface area contributed by atoms with Crippen LogP contribution in [0.4, 0.5) is 0 Å². The molecule has 0 unspecified atom stereocenters. The fraction of sp³-hybridized carbons (Fsp3) is 0.345. The first kappa shape index (κ1) is 31.1. The minimum absolute atomic E-state index is 0.0617. The van der Waals surface area contributed by atoms with Gasteiger partial charge in [-0.25, -0.2) is 13.1 Å². The van der Waals surface area contributed by atoms with Crippen molar-refractivity contribution in [1.29, 1.82) is 0 Å². The van der Waals surface area contributed by atoms with Crippen molar-refractivity contribution in [1.82, 2.24) is 10.0 Å². The first-order valence-corrected chi connectivity index (χ1v) is 15.7. The van der Waals surface area contributed by atoms with E-state index < -0.39 is 22.0 Å². The zero-order valence-electron chi connectivity index (χ0n) is 22.1. The van der Waals surface area contributed by atoms with Gasteiger partial charge in [-0.2, -0.15) is 0 Å². The highest BCUT2D eigenvalue weighted by atomic mass is 35.5. The zero-order chi connectivity index (χ0) is 28.4. The van der Waals surface area contributed by atoms with Crippen LogP contribution >= 0.6 is 23.4 Å². The summed E-state index contributed by atoms with van der Waals surface area (Å²) in [4.78, 5) is 13.5. The molecule has 10 heteroatoms. The summed E-state index contributed by atoms with van der Waals surface area (Å²) in [6.45, 7) is 4.89. The number of halogens is 1. The summed E-state index contributed by atoms with van der Waals surface area (Å²) in [6, 6.07) is 20.7. The smallest absolute Gasteiger partial charge is 0.265 e. The van der Waals surface area contributed by atoms with Crippen LogP contribution in [0.2, 0.25) is 5.02 Å². The highest BCUT2D eigenvalue weighted by molar-refractivity contribution is 8.00. The number of carbonyl (C=O) groups excluding carboxylic acids is 1. The number of hydrogen-bond donors (Lipinski definition) is 4. The molecule has 0 saturated carbocycles. The number of nitrogens with one attached hydrogen (secondary N) is 2. The average Bonchev–Trinajstić information content (AvgIpc) is 2.89. The molecule has 7 nitrogen and oxygen atoms in total. The van der Waals surface area contributed by atoms with Gasteiger partial charge in [0, 0.05) is 28.3 Å². The van der Waals surface area contributed by atoms with Gasteiger partial charge >= 0.3 is 0 Å². The molecule has 0 aromatic heterocycles. The van der Waals surface area contributed by atoms with Crippen LogP contribution in [0, 0.1) is 0 Å².